The van der Waals surface area contributed by atoms with Crippen LogP contribution in [0.5, 0.6) is 0 Å². The van der Waals surface area contributed by atoms with Gasteiger partial charge in [-0.1, -0.05) is 54.0 Å². The first-order valence-corrected chi connectivity index (χ1v) is 11.0. The Balaban J connectivity index is 1.89. The third-order valence-electron chi connectivity index (χ3n) is 4.54. The summed E-state index contributed by atoms with van der Waals surface area (Å²) in [6, 6.07) is 4.78. The standard InChI is InChI=1S/C17H21Cl2N3O3S/c1-12-20-16(21-25-12)17(6-4-2-3-5-7-17)22-26(23,24)11-13-8-14(18)10-15(19)9-13/h8-10,22H,2-7,11H2,1H3. The number of hydrogen-bond acceptors (Lipinski definition) is 5. The predicted molar refractivity (Wildman–Crippen MR) is 101 cm³/mol. The van der Waals surface area contributed by atoms with Gasteiger partial charge in [-0.25, -0.2) is 13.1 Å². The molecule has 1 heterocycles. The van der Waals surface area contributed by atoms with Crippen LogP contribution in [-0.2, 0) is 21.3 Å². The summed E-state index contributed by atoms with van der Waals surface area (Å²) in [5, 5.41) is 4.82. The zero-order chi connectivity index (χ0) is 18.8. The minimum atomic E-state index is -3.67. The highest BCUT2D eigenvalue weighted by Gasteiger charge is 2.40. The fourth-order valence-corrected chi connectivity index (χ4v) is 5.58. The van der Waals surface area contributed by atoms with Crippen LogP contribution in [0, 0.1) is 6.92 Å². The molecule has 0 saturated heterocycles. The average Bonchev–Trinajstić information content (AvgIpc) is 2.82. The highest BCUT2D eigenvalue weighted by molar-refractivity contribution is 7.88. The minimum Gasteiger partial charge on any atom is -0.340 e. The van der Waals surface area contributed by atoms with E-state index in [1.807, 2.05) is 0 Å². The second-order valence-electron chi connectivity index (χ2n) is 6.77. The first-order chi connectivity index (χ1) is 12.3. The lowest BCUT2D eigenvalue weighted by molar-refractivity contribution is 0.301. The summed E-state index contributed by atoms with van der Waals surface area (Å²) in [4.78, 5) is 4.32. The molecule has 26 heavy (non-hydrogen) atoms. The monoisotopic (exact) mass is 417 g/mol. The van der Waals surface area contributed by atoms with Gasteiger partial charge in [0.05, 0.1) is 11.3 Å². The number of aromatic nitrogens is 2. The van der Waals surface area contributed by atoms with Crippen molar-refractivity contribution in [1.82, 2.24) is 14.9 Å². The van der Waals surface area contributed by atoms with E-state index >= 15 is 0 Å². The molecule has 1 aliphatic rings. The molecule has 0 bridgehead atoms. The number of benzene rings is 1. The molecule has 6 nitrogen and oxygen atoms in total. The van der Waals surface area contributed by atoms with Crippen LogP contribution in [-0.4, -0.2) is 18.6 Å². The van der Waals surface area contributed by atoms with Crippen LogP contribution in [0.3, 0.4) is 0 Å². The Labute approximate surface area is 163 Å². The van der Waals surface area contributed by atoms with Gasteiger partial charge in [-0.05, 0) is 36.6 Å². The maximum Gasteiger partial charge on any atom is 0.223 e. The van der Waals surface area contributed by atoms with Crippen molar-refractivity contribution in [2.24, 2.45) is 0 Å². The molecule has 0 spiro atoms. The van der Waals surface area contributed by atoms with Gasteiger partial charge in [-0.2, -0.15) is 4.98 Å². The van der Waals surface area contributed by atoms with Gasteiger partial charge >= 0.3 is 0 Å². The maximum absolute atomic E-state index is 12.9. The van der Waals surface area contributed by atoms with E-state index < -0.39 is 15.6 Å². The lowest BCUT2D eigenvalue weighted by atomic mass is 9.91. The minimum absolute atomic E-state index is 0.216. The van der Waals surface area contributed by atoms with Crippen LogP contribution in [0.15, 0.2) is 22.7 Å². The summed E-state index contributed by atoms with van der Waals surface area (Å²) in [6.07, 6.45) is 5.20. The molecule has 1 N–H and O–H groups in total. The Hall–Kier alpha value is -1.15. The van der Waals surface area contributed by atoms with Gasteiger partial charge in [-0.3, -0.25) is 0 Å². The van der Waals surface area contributed by atoms with Crippen molar-refractivity contribution in [2.75, 3.05) is 0 Å². The van der Waals surface area contributed by atoms with Crippen LogP contribution in [0.1, 0.15) is 55.8 Å². The lowest BCUT2D eigenvalue weighted by Crippen LogP contribution is -2.46. The Bertz CT molecular complexity index is 855. The quantitative estimate of drug-likeness (QED) is 0.730. The number of aryl methyl sites for hydroxylation is 1. The highest BCUT2D eigenvalue weighted by atomic mass is 35.5. The van der Waals surface area contributed by atoms with E-state index in [0.717, 1.165) is 25.7 Å². The van der Waals surface area contributed by atoms with Crippen molar-refractivity contribution in [1.29, 1.82) is 0 Å². The molecule has 0 atom stereocenters. The Morgan fingerprint density at radius 3 is 2.27 bits per heavy atom. The van der Waals surface area contributed by atoms with Crippen LogP contribution in [0.25, 0.3) is 0 Å². The van der Waals surface area contributed by atoms with Crippen molar-refractivity contribution < 1.29 is 12.9 Å². The molecule has 9 heteroatoms. The molecule has 1 aromatic heterocycles. The van der Waals surface area contributed by atoms with Crippen molar-refractivity contribution in [2.45, 2.75) is 56.7 Å². The molecule has 0 aliphatic heterocycles. The summed E-state index contributed by atoms with van der Waals surface area (Å²) >= 11 is 12.0. The van der Waals surface area contributed by atoms with Crippen molar-refractivity contribution in [3.8, 4) is 0 Å². The van der Waals surface area contributed by atoms with E-state index in [9.17, 15) is 8.42 Å². The second-order valence-corrected chi connectivity index (χ2v) is 9.37. The van der Waals surface area contributed by atoms with Crippen LogP contribution >= 0.6 is 23.2 Å². The first-order valence-electron chi connectivity index (χ1n) is 8.55. The molecular weight excluding hydrogens is 397 g/mol. The number of nitrogens with one attached hydrogen (secondary N) is 1. The van der Waals surface area contributed by atoms with Gasteiger partial charge in [0, 0.05) is 17.0 Å². The van der Waals surface area contributed by atoms with Crippen LogP contribution in [0.2, 0.25) is 10.0 Å². The third-order valence-corrected chi connectivity index (χ3v) is 6.39. The third kappa shape index (κ3) is 4.76. The van der Waals surface area contributed by atoms with E-state index in [1.165, 1.54) is 0 Å². The fourth-order valence-electron chi connectivity index (χ4n) is 3.44. The molecule has 3 rings (SSSR count). The zero-order valence-electron chi connectivity index (χ0n) is 14.5. The summed E-state index contributed by atoms with van der Waals surface area (Å²) in [6.45, 7) is 1.70. The van der Waals surface area contributed by atoms with Crippen molar-refractivity contribution in [3.63, 3.8) is 0 Å². The number of sulfonamides is 1. The Morgan fingerprint density at radius 2 is 1.73 bits per heavy atom. The number of hydrogen-bond donors (Lipinski definition) is 1. The van der Waals surface area contributed by atoms with Crippen molar-refractivity contribution >= 4 is 33.2 Å². The predicted octanol–water partition coefficient (Wildman–Crippen LogP) is 4.35. The van der Waals surface area contributed by atoms with Crippen LogP contribution < -0.4 is 4.72 Å². The molecule has 1 fully saturated rings. The molecule has 0 radical (unpaired) electrons. The second kappa shape index (κ2) is 7.84. The number of nitrogens with zero attached hydrogens (tertiary/aromatic N) is 2. The van der Waals surface area contributed by atoms with Gasteiger partial charge < -0.3 is 4.52 Å². The molecule has 2 aromatic rings. The van der Waals surface area contributed by atoms with E-state index in [4.69, 9.17) is 27.7 Å². The molecule has 0 unspecified atom stereocenters. The molecule has 1 aliphatic carbocycles. The zero-order valence-corrected chi connectivity index (χ0v) is 16.8. The summed E-state index contributed by atoms with van der Waals surface area (Å²) in [7, 11) is -3.67. The fraction of sp³-hybridized carbons (Fsp3) is 0.529. The molecular formula is C17H21Cl2N3O3S. The Kier molecular flexibility index (Phi) is 5.91. The van der Waals surface area contributed by atoms with E-state index in [0.29, 0.717) is 40.2 Å². The topological polar surface area (TPSA) is 85.1 Å². The van der Waals surface area contributed by atoms with Crippen LogP contribution in [0.4, 0.5) is 0 Å². The smallest absolute Gasteiger partial charge is 0.223 e. The number of halogens is 2. The summed E-state index contributed by atoms with van der Waals surface area (Å²) in [5.74, 6) is 0.611. The number of rotatable bonds is 5. The van der Waals surface area contributed by atoms with Gasteiger partial charge in [-0.15, -0.1) is 0 Å². The van der Waals surface area contributed by atoms with Gasteiger partial charge in [0.15, 0.2) is 5.82 Å². The van der Waals surface area contributed by atoms with Gasteiger partial charge in [0.2, 0.25) is 15.9 Å². The summed E-state index contributed by atoms with van der Waals surface area (Å²) < 4.78 is 33.8. The SMILES string of the molecule is Cc1nc(C2(NS(=O)(=O)Cc3cc(Cl)cc(Cl)c3)CCCCCC2)no1. The average molecular weight is 418 g/mol. The largest absolute Gasteiger partial charge is 0.340 e. The van der Waals surface area contributed by atoms with E-state index in [-0.39, 0.29) is 5.75 Å². The lowest BCUT2D eigenvalue weighted by Gasteiger charge is -2.30. The molecule has 1 aromatic carbocycles. The normalized spacial score (nSPS) is 17.8. The molecule has 142 valence electrons. The molecule has 1 saturated carbocycles. The molecule has 0 amide bonds. The summed E-state index contributed by atoms with van der Waals surface area (Å²) in [5.41, 5.74) is -0.307. The Morgan fingerprint density at radius 1 is 1.12 bits per heavy atom. The highest BCUT2D eigenvalue weighted by Crippen LogP contribution is 2.35. The van der Waals surface area contributed by atoms with E-state index in [2.05, 4.69) is 14.9 Å². The maximum atomic E-state index is 12.9. The van der Waals surface area contributed by atoms with Gasteiger partial charge in [0.1, 0.15) is 0 Å². The van der Waals surface area contributed by atoms with E-state index in [1.54, 1.807) is 25.1 Å². The van der Waals surface area contributed by atoms with Gasteiger partial charge in [0.25, 0.3) is 0 Å². The first kappa shape index (κ1) is 19.6. The van der Waals surface area contributed by atoms with Crippen molar-refractivity contribution in [3.05, 3.63) is 45.5 Å².